The number of rotatable bonds is 4. The molecule has 1 fully saturated rings. The first-order valence-electron chi connectivity index (χ1n) is 8.25. The molecule has 1 heterocycles. The van der Waals surface area contributed by atoms with Crippen molar-refractivity contribution in [2.75, 3.05) is 18.0 Å². The lowest BCUT2D eigenvalue weighted by Gasteiger charge is -2.19. The Morgan fingerprint density at radius 3 is 2.46 bits per heavy atom. The third kappa shape index (κ3) is 3.53. The number of halogens is 1. The third-order valence-electron chi connectivity index (χ3n) is 4.41. The first-order valence-corrected chi connectivity index (χ1v) is 8.25. The molecule has 2 aromatic rings. The van der Waals surface area contributed by atoms with Crippen molar-refractivity contribution < 1.29 is 9.18 Å². The van der Waals surface area contributed by atoms with E-state index in [0.717, 1.165) is 42.7 Å². The lowest BCUT2D eigenvalue weighted by Crippen LogP contribution is -2.19. The number of nitrogens with zero attached hydrogens (tertiary/aromatic N) is 2. The van der Waals surface area contributed by atoms with Gasteiger partial charge in [0.1, 0.15) is 5.82 Å². The second kappa shape index (κ2) is 6.95. The van der Waals surface area contributed by atoms with Gasteiger partial charge in [-0.15, -0.1) is 0 Å². The Morgan fingerprint density at radius 2 is 1.83 bits per heavy atom. The molecule has 0 radical (unpaired) electrons. The van der Waals surface area contributed by atoms with Gasteiger partial charge in [-0.3, -0.25) is 9.79 Å². The summed E-state index contributed by atoms with van der Waals surface area (Å²) in [6.07, 6.45) is 3.92. The fourth-order valence-electron chi connectivity index (χ4n) is 2.95. The molecule has 0 saturated carbocycles. The minimum Gasteiger partial charge on any atom is -0.369 e. The van der Waals surface area contributed by atoms with Crippen molar-refractivity contribution in [1.29, 1.82) is 0 Å². The molecule has 0 amide bonds. The predicted molar refractivity (Wildman–Crippen MR) is 96.3 cm³/mol. The molecule has 24 heavy (non-hydrogen) atoms. The number of hydrogen-bond donors (Lipinski definition) is 0. The summed E-state index contributed by atoms with van der Waals surface area (Å²) in [7, 11) is 0. The minimum atomic E-state index is -0.198. The van der Waals surface area contributed by atoms with Crippen LogP contribution in [0.25, 0.3) is 0 Å². The molecule has 1 aliphatic rings. The number of carbonyl (C=O) groups is 1. The summed E-state index contributed by atoms with van der Waals surface area (Å²) in [5, 5.41) is 0. The second-order valence-electron chi connectivity index (χ2n) is 6.22. The topological polar surface area (TPSA) is 32.7 Å². The zero-order valence-electron chi connectivity index (χ0n) is 14.1. The fraction of sp³-hybridized carbons (Fsp3) is 0.300. The molecule has 0 aliphatic carbocycles. The highest BCUT2D eigenvalue weighted by molar-refractivity contribution is 5.94. The number of aliphatic imine (C=N–C) groups is 1. The van der Waals surface area contributed by atoms with Gasteiger partial charge in [0, 0.05) is 24.9 Å². The number of aryl methyl sites for hydroxylation is 1. The van der Waals surface area contributed by atoms with Crippen molar-refractivity contribution in [2.24, 2.45) is 4.99 Å². The molecule has 0 spiro atoms. The number of carbonyl (C=O) groups excluding carboxylic acids is 1. The summed E-state index contributed by atoms with van der Waals surface area (Å²) in [5.41, 5.74) is 3.86. The number of anilines is 1. The normalized spacial score (nSPS) is 14.5. The van der Waals surface area contributed by atoms with Crippen molar-refractivity contribution in [2.45, 2.75) is 26.7 Å². The highest BCUT2D eigenvalue weighted by Gasteiger charge is 2.17. The molecular formula is C20H21FN2O. The zero-order chi connectivity index (χ0) is 17.1. The van der Waals surface area contributed by atoms with Crippen LogP contribution in [0.1, 0.15) is 41.3 Å². The van der Waals surface area contributed by atoms with Crippen LogP contribution in [0.2, 0.25) is 0 Å². The number of hydrogen-bond acceptors (Lipinski definition) is 3. The highest BCUT2D eigenvalue weighted by atomic mass is 19.1. The first-order chi connectivity index (χ1) is 11.5. The summed E-state index contributed by atoms with van der Waals surface area (Å²) < 4.78 is 14.4. The van der Waals surface area contributed by atoms with Gasteiger partial charge >= 0.3 is 0 Å². The number of Topliss-reactive ketones (excluding diaryl/α,β-unsaturated/α-hetero) is 1. The lowest BCUT2D eigenvalue weighted by atomic mass is 10.1. The van der Waals surface area contributed by atoms with Gasteiger partial charge in [0.15, 0.2) is 5.78 Å². The minimum absolute atomic E-state index is 0.0287. The average molecular weight is 324 g/mol. The summed E-state index contributed by atoms with van der Waals surface area (Å²) in [5.74, 6) is -0.170. The van der Waals surface area contributed by atoms with Crippen LogP contribution in [0, 0.1) is 12.7 Å². The van der Waals surface area contributed by atoms with Crippen LogP contribution < -0.4 is 4.90 Å². The average Bonchev–Trinajstić information content (AvgIpc) is 3.10. The fourth-order valence-corrected chi connectivity index (χ4v) is 2.95. The Hall–Kier alpha value is -2.49. The Bertz CT molecular complexity index is 775. The molecular weight excluding hydrogens is 303 g/mol. The molecule has 0 aromatic heterocycles. The van der Waals surface area contributed by atoms with Gasteiger partial charge in [0.2, 0.25) is 0 Å². The standard InChI is InChI=1S/C20H21FN2O/c1-14-11-20(23-9-3-4-10-23)19(21)12-17(14)13-22-18-7-5-16(6-8-18)15(2)24/h5-8,11-13H,3-4,9-10H2,1-2H3. The lowest BCUT2D eigenvalue weighted by molar-refractivity contribution is 0.101. The van der Waals surface area contributed by atoms with E-state index in [1.807, 2.05) is 13.0 Å². The molecule has 2 aromatic carbocycles. The van der Waals surface area contributed by atoms with Gasteiger partial charge in [-0.1, -0.05) is 0 Å². The van der Waals surface area contributed by atoms with Crippen molar-refractivity contribution in [3.63, 3.8) is 0 Å². The Labute approximate surface area is 141 Å². The van der Waals surface area contributed by atoms with Crippen LogP contribution in [-0.4, -0.2) is 25.1 Å². The number of benzene rings is 2. The molecule has 0 bridgehead atoms. The van der Waals surface area contributed by atoms with Crippen LogP contribution in [-0.2, 0) is 0 Å². The van der Waals surface area contributed by atoms with E-state index >= 15 is 0 Å². The molecule has 0 N–H and O–H groups in total. The molecule has 3 nitrogen and oxygen atoms in total. The van der Waals surface area contributed by atoms with Crippen molar-refractivity contribution in [3.05, 3.63) is 58.9 Å². The van der Waals surface area contributed by atoms with E-state index in [4.69, 9.17) is 0 Å². The van der Waals surface area contributed by atoms with Gasteiger partial charge < -0.3 is 4.90 Å². The van der Waals surface area contributed by atoms with E-state index in [1.165, 1.54) is 6.92 Å². The SMILES string of the molecule is CC(=O)c1ccc(N=Cc2cc(F)c(N3CCCC3)cc2C)cc1. The van der Waals surface area contributed by atoms with Crippen LogP contribution in [0.15, 0.2) is 41.4 Å². The smallest absolute Gasteiger partial charge is 0.159 e. The maximum absolute atomic E-state index is 14.4. The molecule has 124 valence electrons. The van der Waals surface area contributed by atoms with Crippen LogP contribution in [0.4, 0.5) is 15.8 Å². The Morgan fingerprint density at radius 1 is 1.17 bits per heavy atom. The first kappa shape index (κ1) is 16.4. The third-order valence-corrected chi connectivity index (χ3v) is 4.41. The monoisotopic (exact) mass is 324 g/mol. The van der Waals surface area contributed by atoms with Crippen LogP contribution >= 0.6 is 0 Å². The van der Waals surface area contributed by atoms with Gasteiger partial charge in [0.05, 0.1) is 11.4 Å². The summed E-state index contributed by atoms with van der Waals surface area (Å²) in [4.78, 5) is 17.8. The van der Waals surface area contributed by atoms with E-state index < -0.39 is 0 Å². The van der Waals surface area contributed by atoms with E-state index in [1.54, 1.807) is 36.5 Å². The Balaban J connectivity index is 1.81. The van der Waals surface area contributed by atoms with E-state index in [-0.39, 0.29) is 11.6 Å². The maximum atomic E-state index is 14.4. The molecule has 0 atom stereocenters. The summed E-state index contributed by atoms with van der Waals surface area (Å²) >= 11 is 0. The highest BCUT2D eigenvalue weighted by Crippen LogP contribution is 2.26. The van der Waals surface area contributed by atoms with E-state index in [9.17, 15) is 9.18 Å². The maximum Gasteiger partial charge on any atom is 0.159 e. The van der Waals surface area contributed by atoms with E-state index in [0.29, 0.717) is 11.3 Å². The quantitative estimate of drug-likeness (QED) is 0.604. The van der Waals surface area contributed by atoms with Gasteiger partial charge in [0.25, 0.3) is 0 Å². The molecule has 4 heteroatoms. The summed E-state index contributed by atoms with van der Waals surface area (Å²) in [6, 6.07) is 10.5. The van der Waals surface area contributed by atoms with Crippen LogP contribution in [0.5, 0.6) is 0 Å². The summed E-state index contributed by atoms with van der Waals surface area (Å²) in [6.45, 7) is 5.35. The van der Waals surface area contributed by atoms with Crippen molar-refractivity contribution in [1.82, 2.24) is 0 Å². The van der Waals surface area contributed by atoms with Crippen molar-refractivity contribution in [3.8, 4) is 0 Å². The van der Waals surface area contributed by atoms with Gasteiger partial charge in [-0.2, -0.15) is 0 Å². The van der Waals surface area contributed by atoms with Crippen LogP contribution in [0.3, 0.4) is 0 Å². The molecule has 1 saturated heterocycles. The largest absolute Gasteiger partial charge is 0.369 e. The molecule has 3 rings (SSSR count). The van der Waals surface area contributed by atoms with E-state index in [2.05, 4.69) is 9.89 Å². The second-order valence-corrected chi connectivity index (χ2v) is 6.22. The molecule has 1 aliphatic heterocycles. The molecule has 0 unspecified atom stereocenters. The Kier molecular flexibility index (Phi) is 4.74. The number of ketones is 1. The van der Waals surface area contributed by atoms with Gasteiger partial charge in [-0.05, 0) is 74.2 Å². The predicted octanol–water partition coefficient (Wildman–Crippen LogP) is 4.69. The van der Waals surface area contributed by atoms with Gasteiger partial charge in [-0.25, -0.2) is 4.39 Å². The zero-order valence-corrected chi connectivity index (χ0v) is 14.1. The van der Waals surface area contributed by atoms with Crippen molar-refractivity contribution >= 4 is 23.4 Å².